The Hall–Kier alpha value is -0.120. The van der Waals surface area contributed by atoms with E-state index >= 15 is 0 Å². The van der Waals surface area contributed by atoms with Crippen molar-refractivity contribution in [1.82, 2.24) is 0 Å². The van der Waals surface area contributed by atoms with Crippen molar-refractivity contribution in [2.24, 2.45) is 17.1 Å². The molecule has 2 rings (SSSR count). The summed E-state index contributed by atoms with van der Waals surface area (Å²) in [5.41, 5.74) is 5.18. The summed E-state index contributed by atoms with van der Waals surface area (Å²) in [6.07, 6.45) is 5.32. The van der Waals surface area contributed by atoms with Crippen LogP contribution in [0.25, 0.3) is 0 Å². The molecule has 3 heteroatoms. The van der Waals surface area contributed by atoms with Gasteiger partial charge in [0.1, 0.15) is 5.60 Å². The summed E-state index contributed by atoms with van der Waals surface area (Å²) in [6, 6.07) is 0. The van der Waals surface area contributed by atoms with Gasteiger partial charge in [-0.2, -0.15) is 0 Å². The second-order valence-electron chi connectivity index (χ2n) is 7.22. The van der Waals surface area contributed by atoms with Gasteiger partial charge in [-0.1, -0.05) is 20.8 Å². The van der Waals surface area contributed by atoms with Crippen LogP contribution in [0.15, 0.2) is 0 Å². The quantitative estimate of drug-likeness (QED) is 0.739. The summed E-state index contributed by atoms with van der Waals surface area (Å²) in [7, 11) is 0. The summed E-state index contributed by atoms with van der Waals surface area (Å²) in [5.74, 6) is 0.781. The summed E-state index contributed by atoms with van der Waals surface area (Å²) < 4.78 is 5.92. The van der Waals surface area contributed by atoms with Gasteiger partial charge < -0.3 is 15.6 Å². The lowest BCUT2D eigenvalue weighted by Gasteiger charge is -2.41. The molecule has 0 aromatic carbocycles. The highest BCUT2D eigenvalue weighted by Crippen LogP contribution is 2.48. The molecule has 17 heavy (non-hydrogen) atoms. The minimum atomic E-state index is -0.769. The lowest BCUT2D eigenvalue weighted by molar-refractivity contribution is -0.0491. The molecular weight excluding hydrogens is 214 g/mol. The van der Waals surface area contributed by atoms with Gasteiger partial charge >= 0.3 is 0 Å². The lowest BCUT2D eigenvalue weighted by Crippen LogP contribution is -2.42. The van der Waals surface area contributed by atoms with E-state index in [0.29, 0.717) is 18.6 Å². The zero-order valence-electron chi connectivity index (χ0n) is 11.5. The second-order valence-corrected chi connectivity index (χ2v) is 7.22. The Bertz CT molecular complexity index is 276. The normalized spacial score (nSPS) is 43.2. The molecule has 1 unspecified atom stereocenters. The molecule has 1 aliphatic carbocycles. The summed E-state index contributed by atoms with van der Waals surface area (Å²) in [4.78, 5) is 0. The third-order valence-electron chi connectivity index (χ3n) is 4.80. The third-order valence-corrected chi connectivity index (χ3v) is 4.80. The zero-order chi connectivity index (χ0) is 12.7. The van der Waals surface area contributed by atoms with Crippen LogP contribution in [0.5, 0.6) is 0 Å². The fourth-order valence-corrected chi connectivity index (χ4v) is 3.45. The van der Waals surface area contributed by atoms with Crippen molar-refractivity contribution in [1.29, 1.82) is 0 Å². The molecule has 1 aliphatic heterocycles. The van der Waals surface area contributed by atoms with Gasteiger partial charge in [0.2, 0.25) is 0 Å². The van der Waals surface area contributed by atoms with Gasteiger partial charge in [-0.25, -0.2) is 0 Å². The average molecular weight is 241 g/mol. The van der Waals surface area contributed by atoms with E-state index in [4.69, 9.17) is 10.5 Å². The van der Waals surface area contributed by atoms with Crippen molar-refractivity contribution in [3.63, 3.8) is 0 Å². The summed E-state index contributed by atoms with van der Waals surface area (Å²) >= 11 is 0. The molecule has 0 aromatic heterocycles. The largest absolute Gasteiger partial charge is 0.386 e. The first kappa shape index (κ1) is 13.3. The summed E-state index contributed by atoms with van der Waals surface area (Å²) in [6.45, 7) is 7.70. The van der Waals surface area contributed by atoms with Crippen LogP contribution in [0.4, 0.5) is 0 Å². The molecule has 1 saturated heterocycles. The van der Waals surface area contributed by atoms with Crippen molar-refractivity contribution in [2.45, 2.75) is 64.1 Å². The average Bonchev–Trinajstić information content (AvgIpc) is 2.57. The standard InChI is InChI=1S/C14H27NO2/c1-12(2,3)11-4-6-14(7-5-11)8-13(16,9-15)10-17-14/h11,16H,4-10,15H2,1-3H3. The van der Waals surface area contributed by atoms with Gasteiger partial charge in [-0.15, -0.1) is 0 Å². The molecular formula is C14H27NO2. The minimum Gasteiger partial charge on any atom is -0.386 e. The van der Waals surface area contributed by atoms with E-state index in [1.54, 1.807) is 0 Å². The number of hydrogen-bond acceptors (Lipinski definition) is 3. The van der Waals surface area contributed by atoms with Crippen molar-refractivity contribution >= 4 is 0 Å². The lowest BCUT2D eigenvalue weighted by atomic mass is 9.67. The monoisotopic (exact) mass is 241 g/mol. The van der Waals surface area contributed by atoms with Gasteiger partial charge in [0, 0.05) is 13.0 Å². The first-order chi connectivity index (χ1) is 7.79. The molecule has 100 valence electrons. The fourth-order valence-electron chi connectivity index (χ4n) is 3.45. The maximum atomic E-state index is 10.2. The number of nitrogens with two attached hydrogens (primary N) is 1. The van der Waals surface area contributed by atoms with Crippen LogP contribution >= 0.6 is 0 Å². The first-order valence-electron chi connectivity index (χ1n) is 6.85. The van der Waals surface area contributed by atoms with E-state index in [1.807, 2.05) is 0 Å². The van der Waals surface area contributed by atoms with Crippen molar-refractivity contribution in [3.8, 4) is 0 Å². The molecule has 1 saturated carbocycles. The smallest absolute Gasteiger partial charge is 0.103 e. The first-order valence-corrected chi connectivity index (χ1v) is 6.85. The van der Waals surface area contributed by atoms with E-state index in [1.165, 1.54) is 12.8 Å². The predicted octanol–water partition coefficient (Wildman–Crippen LogP) is 2.07. The molecule has 1 atom stereocenters. The fraction of sp³-hybridized carbons (Fsp3) is 1.00. The highest BCUT2D eigenvalue weighted by atomic mass is 16.5. The molecule has 2 fully saturated rings. The number of hydrogen-bond donors (Lipinski definition) is 2. The van der Waals surface area contributed by atoms with Gasteiger partial charge in [0.05, 0.1) is 12.2 Å². The number of rotatable bonds is 1. The Morgan fingerprint density at radius 1 is 1.29 bits per heavy atom. The highest BCUT2D eigenvalue weighted by Gasteiger charge is 2.50. The zero-order valence-corrected chi connectivity index (χ0v) is 11.5. The van der Waals surface area contributed by atoms with Crippen LogP contribution in [-0.2, 0) is 4.74 Å². The predicted molar refractivity (Wildman–Crippen MR) is 68.7 cm³/mol. The SMILES string of the molecule is CC(C)(C)C1CCC2(CC1)CC(O)(CN)CO2. The highest BCUT2D eigenvalue weighted by molar-refractivity contribution is 5.01. The number of ether oxygens (including phenoxy) is 1. The third kappa shape index (κ3) is 2.67. The Morgan fingerprint density at radius 2 is 1.88 bits per heavy atom. The van der Waals surface area contributed by atoms with Crippen LogP contribution in [0.2, 0.25) is 0 Å². The Kier molecular flexibility index (Phi) is 3.30. The number of aliphatic hydroxyl groups is 1. The van der Waals surface area contributed by atoms with Crippen molar-refractivity contribution in [3.05, 3.63) is 0 Å². The molecule has 0 radical (unpaired) electrons. The van der Waals surface area contributed by atoms with Crippen molar-refractivity contribution < 1.29 is 9.84 Å². The van der Waals surface area contributed by atoms with E-state index in [0.717, 1.165) is 25.2 Å². The van der Waals surface area contributed by atoms with E-state index in [-0.39, 0.29) is 5.60 Å². The Morgan fingerprint density at radius 3 is 2.29 bits per heavy atom. The maximum absolute atomic E-state index is 10.2. The van der Waals surface area contributed by atoms with Gasteiger partial charge in [0.25, 0.3) is 0 Å². The molecule has 0 amide bonds. The van der Waals surface area contributed by atoms with Crippen LogP contribution in [0.3, 0.4) is 0 Å². The molecule has 3 nitrogen and oxygen atoms in total. The van der Waals surface area contributed by atoms with E-state index in [9.17, 15) is 5.11 Å². The van der Waals surface area contributed by atoms with Gasteiger partial charge in [0.15, 0.2) is 0 Å². The van der Waals surface area contributed by atoms with Crippen molar-refractivity contribution in [2.75, 3.05) is 13.2 Å². The topological polar surface area (TPSA) is 55.5 Å². The van der Waals surface area contributed by atoms with E-state index in [2.05, 4.69) is 20.8 Å². The minimum absolute atomic E-state index is 0.0735. The molecule has 1 heterocycles. The van der Waals surface area contributed by atoms with Crippen LogP contribution < -0.4 is 5.73 Å². The second kappa shape index (κ2) is 4.22. The molecule has 1 spiro atoms. The molecule has 0 bridgehead atoms. The summed E-state index contributed by atoms with van der Waals surface area (Å²) in [5, 5.41) is 10.2. The van der Waals surface area contributed by atoms with Gasteiger partial charge in [-0.05, 0) is 37.0 Å². The van der Waals surface area contributed by atoms with Crippen LogP contribution in [0, 0.1) is 11.3 Å². The molecule has 3 N–H and O–H groups in total. The molecule has 2 aliphatic rings. The van der Waals surface area contributed by atoms with Crippen LogP contribution in [0.1, 0.15) is 52.9 Å². The Balaban J connectivity index is 1.96. The van der Waals surface area contributed by atoms with E-state index < -0.39 is 5.60 Å². The molecule has 0 aromatic rings. The van der Waals surface area contributed by atoms with Gasteiger partial charge in [-0.3, -0.25) is 0 Å². The van der Waals surface area contributed by atoms with Crippen LogP contribution in [-0.4, -0.2) is 29.5 Å². The Labute approximate surface area is 105 Å². The maximum Gasteiger partial charge on any atom is 0.103 e.